The van der Waals surface area contributed by atoms with E-state index in [2.05, 4.69) is 173 Å². The third-order valence-corrected chi connectivity index (χ3v) is 9.24. The van der Waals surface area contributed by atoms with Gasteiger partial charge in [0.1, 0.15) is 0 Å². The van der Waals surface area contributed by atoms with Crippen molar-refractivity contribution in [2.24, 2.45) is 0 Å². The summed E-state index contributed by atoms with van der Waals surface area (Å²) in [7, 11) is 7.82. The predicted molar refractivity (Wildman–Crippen MR) is 215 cm³/mol. The molecule has 50 heavy (non-hydrogen) atoms. The van der Waals surface area contributed by atoms with E-state index in [-0.39, 0.29) is 0 Å². The summed E-state index contributed by atoms with van der Waals surface area (Å²) < 4.78 is 0. The zero-order chi connectivity index (χ0) is 34.5. The van der Waals surface area contributed by atoms with Crippen LogP contribution >= 0.6 is 0 Å². The average molecular weight is 652 g/mol. The number of pyridine rings is 1. The van der Waals surface area contributed by atoms with E-state index in [1.54, 1.807) is 0 Å². The molecule has 0 bridgehead atoms. The maximum absolute atomic E-state index is 5.33. The molecule has 246 valence electrons. The monoisotopic (exact) mass is 651 g/mol. The maximum atomic E-state index is 5.33. The largest absolute Gasteiger partial charge is 0.388 e. The summed E-state index contributed by atoms with van der Waals surface area (Å²) in [6.07, 6.45) is 0. The van der Waals surface area contributed by atoms with Gasteiger partial charge in [-0.3, -0.25) is 0 Å². The molecule has 0 amide bonds. The highest BCUT2D eigenvalue weighted by Crippen LogP contribution is 2.37. The molecule has 5 nitrogen and oxygen atoms in total. The fourth-order valence-electron chi connectivity index (χ4n) is 6.48. The molecular weight excluding hydrogens is 611 g/mol. The van der Waals surface area contributed by atoms with Crippen LogP contribution in [0.25, 0.3) is 67.0 Å². The van der Waals surface area contributed by atoms with Crippen LogP contribution in [0.15, 0.2) is 152 Å². The molecule has 7 rings (SSSR count). The van der Waals surface area contributed by atoms with Gasteiger partial charge >= 0.3 is 0 Å². The Morgan fingerprint density at radius 3 is 1.20 bits per heavy atom. The smallest absolute Gasteiger partial charge is 0.0715 e. The Labute approximate surface area is 295 Å². The van der Waals surface area contributed by atoms with Gasteiger partial charge in [0.2, 0.25) is 0 Å². The summed E-state index contributed by atoms with van der Waals surface area (Å²) in [6, 6.07) is 53.9. The van der Waals surface area contributed by atoms with Crippen LogP contribution in [0.3, 0.4) is 0 Å². The van der Waals surface area contributed by atoms with Crippen LogP contribution in [0.2, 0.25) is 0 Å². The number of hydrogen-bond acceptors (Lipinski definition) is 5. The number of nitrogens with zero attached hydrogens (tertiary/aromatic N) is 1. The van der Waals surface area contributed by atoms with E-state index in [4.69, 9.17) is 4.98 Å². The summed E-state index contributed by atoms with van der Waals surface area (Å²) in [5.74, 6) is 0. The Hall–Kier alpha value is -6.33. The molecule has 0 fully saturated rings. The molecule has 0 saturated heterocycles. The van der Waals surface area contributed by atoms with Crippen LogP contribution in [-0.4, -0.2) is 33.2 Å². The number of hydrogen-bond donors (Lipinski definition) is 4. The van der Waals surface area contributed by atoms with Crippen molar-refractivity contribution in [3.8, 4) is 67.0 Å². The standard InChI is InChI=1S/C45H41N5/c1-46-38-20-22-42(48-3)40(28-38)33-12-8-14-35(24-33)44-26-37(32-18-16-31(17-19-32)30-10-6-5-7-11-30)27-45(50-44)36-15-9-13-34(25-36)41-29-39(47-2)21-23-43(41)49-4/h5-29,46-49H,1-4H3. The Morgan fingerprint density at radius 2 is 0.740 bits per heavy atom. The van der Waals surface area contributed by atoms with Crippen LogP contribution in [0, 0.1) is 0 Å². The first-order valence-corrected chi connectivity index (χ1v) is 17.0. The second kappa shape index (κ2) is 14.4. The minimum Gasteiger partial charge on any atom is -0.388 e. The summed E-state index contributed by atoms with van der Waals surface area (Å²) in [5, 5.41) is 13.3. The highest BCUT2D eigenvalue weighted by molar-refractivity contribution is 5.86. The Bertz CT molecular complexity index is 2140. The third kappa shape index (κ3) is 6.67. The van der Waals surface area contributed by atoms with Gasteiger partial charge in [-0.25, -0.2) is 4.98 Å². The lowest BCUT2D eigenvalue weighted by molar-refractivity contribution is 1.32. The molecule has 0 unspecified atom stereocenters. The van der Waals surface area contributed by atoms with Gasteiger partial charge in [-0.1, -0.05) is 91.0 Å². The predicted octanol–water partition coefficient (Wildman–Crippen LogP) is 11.3. The molecule has 0 aliphatic carbocycles. The molecule has 6 aromatic carbocycles. The van der Waals surface area contributed by atoms with E-state index in [0.29, 0.717) is 0 Å². The second-order valence-electron chi connectivity index (χ2n) is 12.3. The third-order valence-electron chi connectivity index (χ3n) is 9.24. The van der Waals surface area contributed by atoms with Gasteiger partial charge in [0.05, 0.1) is 11.4 Å². The van der Waals surface area contributed by atoms with Crippen LogP contribution < -0.4 is 21.3 Å². The molecule has 7 aromatic rings. The SMILES string of the molecule is CNc1ccc(NC)c(-c2cccc(-c3cc(-c4ccc(-c5ccccc5)cc4)cc(-c4cccc(-c5cc(NC)ccc5NC)c4)n3)c2)c1. The van der Waals surface area contributed by atoms with Crippen molar-refractivity contribution in [3.63, 3.8) is 0 Å². The van der Waals surface area contributed by atoms with Crippen LogP contribution in [0.1, 0.15) is 0 Å². The van der Waals surface area contributed by atoms with Crippen LogP contribution in [-0.2, 0) is 0 Å². The lowest BCUT2D eigenvalue weighted by Crippen LogP contribution is -1.96. The number of anilines is 4. The normalized spacial score (nSPS) is 10.8. The molecule has 5 heteroatoms. The first-order chi connectivity index (χ1) is 24.6. The molecule has 0 saturated carbocycles. The maximum Gasteiger partial charge on any atom is 0.0715 e. The average Bonchev–Trinajstić information content (AvgIpc) is 3.20. The van der Waals surface area contributed by atoms with E-state index in [0.717, 1.165) is 78.6 Å². The van der Waals surface area contributed by atoms with Gasteiger partial charge in [-0.05, 0) is 94.0 Å². The molecule has 1 aromatic heterocycles. The van der Waals surface area contributed by atoms with E-state index < -0.39 is 0 Å². The highest BCUT2D eigenvalue weighted by atomic mass is 14.8. The zero-order valence-electron chi connectivity index (χ0n) is 28.9. The molecule has 0 aliphatic rings. The Balaban J connectivity index is 1.37. The Morgan fingerprint density at radius 1 is 0.320 bits per heavy atom. The molecule has 0 aliphatic heterocycles. The Kier molecular flexibility index (Phi) is 9.30. The number of rotatable bonds is 10. The van der Waals surface area contributed by atoms with Crippen molar-refractivity contribution in [2.75, 3.05) is 49.5 Å². The molecule has 0 spiro atoms. The van der Waals surface area contributed by atoms with Crippen molar-refractivity contribution in [3.05, 3.63) is 152 Å². The molecule has 4 N–H and O–H groups in total. The first kappa shape index (κ1) is 32.2. The molecule has 0 atom stereocenters. The van der Waals surface area contributed by atoms with Crippen LogP contribution in [0.4, 0.5) is 22.7 Å². The van der Waals surface area contributed by atoms with Gasteiger partial charge in [-0.15, -0.1) is 0 Å². The number of nitrogens with one attached hydrogen (secondary N) is 4. The second-order valence-corrected chi connectivity index (χ2v) is 12.3. The highest BCUT2D eigenvalue weighted by Gasteiger charge is 2.14. The lowest BCUT2D eigenvalue weighted by Gasteiger charge is -2.15. The van der Waals surface area contributed by atoms with E-state index >= 15 is 0 Å². The van der Waals surface area contributed by atoms with Gasteiger partial charge in [0.25, 0.3) is 0 Å². The zero-order valence-corrected chi connectivity index (χ0v) is 28.9. The van der Waals surface area contributed by atoms with E-state index in [1.807, 2.05) is 28.2 Å². The van der Waals surface area contributed by atoms with Crippen molar-refractivity contribution in [1.82, 2.24) is 4.98 Å². The summed E-state index contributed by atoms with van der Waals surface area (Å²) in [6.45, 7) is 0. The lowest BCUT2D eigenvalue weighted by atomic mass is 9.95. The number of aromatic nitrogens is 1. The van der Waals surface area contributed by atoms with Crippen molar-refractivity contribution >= 4 is 22.7 Å². The molecule has 1 heterocycles. The quantitative estimate of drug-likeness (QED) is 0.119. The van der Waals surface area contributed by atoms with Gasteiger partial charge in [-0.2, -0.15) is 0 Å². The van der Waals surface area contributed by atoms with Gasteiger partial charge < -0.3 is 21.3 Å². The first-order valence-electron chi connectivity index (χ1n) is 17.0. The topological polar surface area (TPSA) is 61.0 Å². The van der Waals surface area contributed by atoms with Crippen LogP contribution in [0.5, 0.6) is 0 Å². The van der Waals surface area contributed by atoms with E-state index in [1.165, 1.54) is 11.1 Å². The minimum atomic E-state index is 0.917. The summed E-state index contributed by atoms with van der Waals surface area (Å²) >= 11 is 0. The molecular formula is C45H41N5. The van der Waals surface area contributed by atoms with Gasteiger partial charge in [0, 0.05) is 73.2 Å². The molecule has 0 radical (unpaired) electrons. The fourth-order valence-corrected chi connectivity index (χ4v) is 6.48. The van der Waals surface area contributed by atoms with Crippen molar-refractivity contribution in [1.29, 1.82) is 0 Å². The van der Waals surface area contributed by atoms with Crippen molar-refractivity contribution < 1.29 is 0 Å². The minimum absolute atomic E-state index is 0.917. The van der Waals surface area contributed by atoms with E-state index in [9.17, 15) is 0 Å². The summed E-state index contributed by atoms with van der Waals surface area (Å²) in [4.78, 5) is 5.33. The number of benzene rings is 6. The van der Waals surface area contributed by atoms with Crippen molar-refractivity contribution in [2.45, 2.75) is 0 Å². The summed E-state index contributed by atoms with van der Waals surface area (Å²) in [5.41, 5.74) is 17.4. The fraction of sp³-hybridized carbons (Fsp3) is 0.0889. The van der Waals surface area contributed by atoms with Gasteiger partial charge in [0.15, 0.2) is 0 Å².